The van der Waals surface area contributed by atoms with Gasteiger partial charge in [0.15, 0.2) is 17.4 Å². The van der Waals surface area contributed by atoms with Crippen LogP contribution in [0.1, 0.15) is 49.7 Å². The Labute approximate surface area is 233 Å². The number of hydrogen-bond acceptors (Lipinski definition) is 6. The summed E-state index contributed by atoms with van der Waals surface area (Å²) in [7, 11) is 1.11. The molecule has 41 heavy (non-hydrogen) atoms. The van der Waals surface area contributed by atoms with Crippen molar-refractivity contribution < 1.29 is 28.5 Å². The summed E-state index contributed by atoms with van der Waals surface area (Å²) in [5, 5.41) is 30.0. The number of carbonyl (C=O) groups is 1. The van der Waals surface area contributed by atoms with E-state index < -0.39 is 40.7 Å². The first-order valence-corrected chi connectivity index (χ1v) is 12.8. The van der Waals surface area contributed by atoms with Crippen LogP contribution in [0.25, 0.3) is 27.7 Å². The highest BCUT2D eigenvalue weighted by atomic mass is 19.1. The van der Waals surface area contributed by atoms with Crippen molar-refractivity contribution in [2.75, 3.05) is 13.7 Å². The van der Waals surface area contributed by atoms with Gasteiger partial charge < -0.3 is 14.9 Å². The van der Waals surface area contributed by atoms with Crippen molar-refractivity contribution in [3.63, 3.8) is 0 Å². The van der Waals surface area contributed by atoms with Crippen LogP contribution in [-0.4, -0.2) is 44.4 Å². The number of nitrogens with zero attached hydrogens (tertiary/aromatic N) is 4. The van der Waals surface area contributed by atoms with Crippen molar-refractivity contribution in [3.8, 4) is 28.6 Å². The Hall–Kier alpha value is -4.82. The first-order valence-electron chi connectivity index (χ1n) is 12.8. The molecular weight excluding hydrogens is 534 g/mol. The van der Waals surface area contributed by atoms with E-state index in [2.05, 4.69) is 0 Å². The Morgan fingerprint density at radius 3 is 2.37 bits per heavy atom. The number of aliphatic hydroxyl groups is 1. The van der Waals surface area contributed by atoms with Gasteiger partial charge >= 0.3 is 6.09 Å². The highest BCUT2D eigenvalue weighted by molar-refractivity contribution is 5.94. The molecule has 0 bridgehead atoms. The fourth-order valence-corrected chi connectivity index (χ4v) is 5.26. The maximum absolute atomic E-state index is 14.8. The molecule has 1 aromatic heterocycles. The lowest BCUT2D eigenvalue weighted by atomic mass is 9.94. The summed E-state index contributed by atoms with van der Waals surface area (Å²) in [6, 6.07) is 12.8. The van der Waals surface area contributed by atoms with E-state index in [0.717, 1.165) is 28.7 Å². The first-order chi connectivity index (χ1) is 19.4. The number of halogens is 2. The topological polar surface area (TPSA) is 129 Å². The van der Waals surface area contributed by atoms with E-state index in [1.807, 2.05) is 6.07 Å². The van der Waals surface area contributed by atoms with Gasteiger partial charge in [0.2, 0.25) is 0 Å². The van der Waals surface area contributed by atoms with Crippen LogP contribution in [0.4, 0.5) is 13.6 Å². The smallest absolute Gasteiger partial charge is 0.407 e. The summed E-state index contributed by atoms with van der Waals surface area (Å²) >= 11 is 0. The number of ether oxygens (including phenoxy) is 1. The maximum atomic E-state index is 14.8. The van der Waals surface area contributed by atoms with E-state index in [1.165, 1.54) is 6.07 Å². The van der Waals surface area contributed by atoms with Crippen LogP contribution >= 0.6 is 0 Å². The molecule has 3 aromatic carbocycles. The highest BCUT2D eigenvalue weighted by Crippen LogP contribution is 2.36. The van der Waals surface area contributed by atoms with Gasteiger partial charge in [-0.3, -0.25) is 14.3 Å². The van der Waals surface area contributed by atoms with Gasteiger partial charge in [-0.25, -0.2) is 18.6 Å². The molecule has 0 radical (unpaired) electrons. The first kappa shape index (κ1) is 27.7. The Bertz CT molecular complexity index is 1770. The normalized spacial score (nSPS) is 15.2. The largest absolute Gasteiger partial charge is 0.491 e. The molecule has 2 N–H and O–H groups in total. The van der Waals surface area contributed by atoms with Crippen LogP contribution in [0.2, 0.25) is 0 Å². The van der Waals surface area contributed by atoms with Crippen LogP contribution in [0, 0.1) is 23.0 Å². The van der Waals surface area contributed by atoms with Gasteiger partial charge in [-0.1, -0.05) is 24.3 Å². The molecule has 1 atom stereocenters. The number of amides is 1. The average Bonchev–Trinajstić information content (AvgIpc) is 3.42. The van der Waals surface area contributed by atoms with E-state index in [-0.39, 0.29) is 34.5 Å². The van der Waals surface area contributed by atoms with Crippen molar-refractivity contribution >= 4 is 17.0 Å². The minimum Gasteiger partial charge on any atom is -0.491 e. The van der Waals surface area contributed by atoms with E-state index >= 15 is 0 Å². The molecule has 1 fully saturated rings. The number of methoxy groups -OCH3 is 1. The molecule has 11 heteroatoms. The average molecular weight is 561 g/mol. The third-order valence-corrected chi connectivity index (χ3v) is 7.27. The third kappa shape index (κ3) is 4.87. The second kappa shape index (κ2) is 10.3. The maximum Gasteiger partial charge on any atom is 0.407 e. The molecular formula is C30H26F2N4O5. The third-order valence-electron chi connectivity index (χ3n) is 7.27. The predicted octanol–water partition coefficient (Wildman–Crippen LogP) is 5.25. The van der Waals surface area contributed by atoms with Crippen LogP contribution in [-0.2, 0) is 5.60 Å². The predicted molar refractivity (Wildman–Crippen MR) is 146 cm³/mol. The van der Waals surface area contributed by atoms with Gasteiger partial charge in [-0.15, -0.1) is 0 Å². The van der Waals surface area contributed by atoms with E-state index in [9.17, 15) is 33.8 Å². The minimum atomic E-state index is -1.22. The number of fused-ring (bicyclic) bond motifs is 1. The summed E-state index contributed by atoms with van der Waals surface area (Å²) in [5.74, 6) is -2.75. The molecule has 1 amide bonds. The van der Waals surface area contributed by atoms with E-state index in [1.54, 1.807) is 44.2 Å². The minimum absolute atomic E-state index is 0.00544. The standard InChI is InChI=1S/C30H26F2N4O5/c1-30(2,40)18-8-6-17(7-9-18)20-11-16(15-33)12-21-25(20)34-27(24-5-4-10-35(24)29(38)39)36(28(21)37)19-13-22(31)26(41-3)23(32)14-19/h6-9,11-14,24,40H,4-5,10H2,1-3H3,(H,38,39). The summed E-state index contributed by atoms with van der Waals surface area (Å²) in [5.41, 5.74) is -0.00835. The number of benzene rings is 3. The lowest BCUT2D eigenvalue weighted by molar-refractivity contribution is 0.0786. The van der Waals surface area contributed by atoms with Gasteiger partial charge in [0, 0.05) is 24.2 Å². The van der Waals surface area contributed by atoms with Crippen molar-refractivity contribution in [2.24, 2.45) is 0 Å². The highest BCUT2D eigenvalue weighted by Gasteiger charge is 2.35. The van der Waals surface area contributed by atoms with Crippen LogP contribution < -0.4 is 10.3 Å². The summed E-state index contributed by atoms with van der Waals surface area (Å²) in [6.45, 7) is 3.48. The Morgan fingerprint density at radius 2 is 1.80 bits per heavy atom. The Kier molecular flexibility index (Phi) is 6.97. The van der Waals surface area contributed by atoms with Gasteiger partial charge in [-0.2, -0.15) is 5.26 Å². The zero-order chi connectivity index (χ0) is 29.6. The van der Waals surface area contributed by atoms with Crippen molar-refractivity contribution in [1.82, 2.24) is 14.5 Å². The van der Waals surface area contributed by atoms with Crippen LogP contribution in [0.5, 0.6) is 5.75 Å². The molecule has 1 unspecified atom stereocenters. The number of aromatic nitrogens is 2. The zero-order valence-corrected chi connectivity index (χ0v) is 22.5. The fourth-order valence-electron chi connectivity index (χ4n) is 5.26. The summed E-state index contributed by atoms with van der Waals surface area (Å²) in [4.78, 5) is 32.1. The molecule has 0 saturated carbocycles. The van der Waals surface area contributed by atoms with E-state index in [4.69, 9.17) is 9.72 Å². The monoisotopic (exact) mass is 560 g/mol. The second-order valence-electron chi connectivity index (χ2n) is 10.4. The number of nitriles is 1. The SMILES string of the molecule is COc1c(F)cc(-n2c(C3CCCN3C(=O)O)nc3c(-c4ccc(C(C)(C)O)cc4)cc(C#N)cc3c2=O)cc1F. The van der Waals surface area contributed by atoms with Gasteiger partial charge in [-0.05, 0) is 49.9 Å². The van der Waals surface area contributed by atoms with Gasteiger partial charge in [0.25, 0.3) is 5.56 Å². The Morgan fingerprint density at radius 1 is 1.15 bits per heavy atom. The molecule has 1 aliphatic heterocycles. The number of carboxylic acid groups (broad SMARTS) is 1. The molecule has 9 nitrogen and oxygen atoms in total. The second-order valence-corrected chi connectivity index (χ2v) is 10.4. The van der Waals surface area contributed by atoms with Gasteiger partial charge in [0.1, 0.15) is 5.82 Å². The van der Waals surface area contributed by atoms with Crippen LogP contribution in [0.15, 0.2) is 53.3 Å². The Balaban J connectivity index is 1.86. The van der Waals surface area contributed by atoms with Crippen molar-refractivity contribution in [3.05, 3.63) is 87.5 Å². The lowest BCUT2D eigenvalue weighted by Gasteiger charge is -2.25. The van der Waals surface area contributed by atoms with Gasteiger partial charge in [0.05, 0.1) is 47.0 Å². The molecule has 2 heterocycles. The molecule has 210 valence electrons. The van der Waals surface area contributed by atoms with Crippen molar-refractivity contribution in [2.45, 2.75) is 38.3 Å². The molecule has 1 saturated heterocycles. The van der Waals surface area contributed by atoms with E-state index in [0.29, 0.717) is 29.5 Å². The summed E-state index contributed by atoms with van der Waals surface area (Å²) < 4.78 is 35.4. The number of rotatable bonds is 5. The number of hydrogen-bond donors (Lipinski definition) is 2. The molecule has 1 aliphatic rings. The molecule has 4 aromatic rings. The molecule has 0 spiro atoms. The molecule has 0 aliphatic carbocycles. The van der Waals surface area contributed by atoms with Crippen molar-refractivity contribution in [1.29, 1.82) is 5.26 Å². The zero-order valence-electron chi connectivity index (χ0n) is 22.5. The quantitative estimate of drug-likeness (QED) is 0.341. The van der Waals surface area contributed by atoms with Crippen LogP contribution in [0.3, 0.4) is 0 Å². The lowest BCUT2D eigenvalue weighted by Crippen LogP contribution is -2.34. The summed E-state index contributed by atoms with van der Waals surface area (Å²) in [6.07, 6.45) is -0.394. The fraction of sp³-hybridized carbons (Fsp3) is 0.267. The number of likely N-dealkylation sites (tertiary alicyclic amines) is 1. The molecule has 5 rings (SSSR count).